The summed E-state index contributed by atoms with van der Waals surface area (Å²) < 4.78 is 0. The van der Waals surface area contributed by atoms with Gasteiger partial charge in [-0.3, -0.25) is 14.5 Å². The summed E-state index contributed by atoms with van der Waals surface area (Å²) in [7, 11) is 0. The van der Waals surface area contributed by atoms with Crippen LogP contribution >= 0.6 is 0 Å². The highest BCUT2D eigenvalue weighted by Gasteiger charge is 2.31. The lowest BCUT2D eigenvalue weighted by molar-refractivity contribution is -0.136. The van der Waals surface area contributed by atoms with Crippen molar-refractivity contribution in [3.63, 3.8) is 0 Å². The van der Waals surface area contributed by atoms with E-state index in [2.05, 4.69) is 6.92 Å². The molecule has 0 atom stereocenters. The third kappa shape index (κ3) is 8.09. The van der Waals surface area contributed by atoms with Gasteiger partial charge in [0.2, 0.25) is 11.8 Å². The third-order valence-corrected chi connectivity index (χ3v) is 4.64. The Labute approximate surface area is 147 Å². The summed E-state index contributed by atoms with van der Waals surface area (Å²) in [4.78, 5) is 24.9. The van der Waals surface area contributed by atoms with Crippen LogP contribution in [-0.2, 0) is 9.59 Å². The van der Waals surface area contributed by atoms with Gasteiger partial charge in [-0.25, -0.2) is 0 Å². The van der Waals surface area contributed by atoms with E-state index in [9.17, 15) is 9.59 Å². The zero-order valence-electron chi connectivity index (χ0n) is 15.4. The second-order valence-electron chi connectivity index (χ2n) is 6.76. The number of amides is 2. The van der Waals surface area contributed by atoms with E-state index >= 15 is 0 Å². The minimum atomic E-state index is -0.122. The number of imide groups is 1. The van der Waals surface area contributed by atoms with Crippen molar-refractivity contribution in [3.8, 4) is 0 Å². The molecular weight excluding hydrogens is 302 g/mol. The Morgan fingerprint density at radius 2 is 1.42 bits per heavy atom. The number of likely N-dealkylation sites (tertiary alicyclic amines) is 1. The maximum absolute atomic E-state index is 11.8. The predicted molar refractivity (Wildman–Crippen MR) is 97.3 cm³/mol. The predicted octanol–water partition coefficient (Wildman–Crippen LogP) is 4.71. The van der Waals surface area contributed by atoms with Gasteiger partial charge in [0.15, 0.2) is 0 Å². The highest BCUT2D eigenvalue weighted by atomic mass is 16.3. The number of nitrogens with zero attached hydrogens (tertiary/aromatic N) is 1. The minimum Gasteiger partial charge on any atom is -0.396 e. The number of carbonyl (C=O) groups is 2. The molecule has 4 heteroatoms. The quantitative estimate of drug-likeness (QED) is 0.369. The van der Waals surface area contributed by atoms with Crippen LogP contribution in [0, 0.1) is 0 Å². The first-order chi connectivity index (χ1) is 11.7. The van der Waals surface area contributed by atoms with E-state index in [1.165, 1.54) is 62.7 Å². The van der Waals surface area contributed by atoms with Crippen LogP contribution in [0.15, 0.2) is 11.8 Å². The lowest BCUT2D eigenvalue weighted by Gasteiger charge is -2.17. The Morgan fingerprint density at radius 1 is 0.917 bits per heavy atom. The first-order valence-corrected chi connectivity index (χ1v) is 9.86. The fraction of sp³-hybridized carbons (Fsp3) is 0.800. The van der Waals surface area contributed by atoms with Crippen molar-refractivity contribution in [1.82, 2.24) is 4.90 Å². The average Bonchev–Trinajstić information content (AvgIpc) is 2.90. The van der Waals surface area contributed by atoms with E-state index in [0.717, 1.165) is 12.8 Å². The maximum Gasteiger partial charge on any atom is 0.234 e. The van der Waals surface area contributed by atoms with Crippen LogP contribution in [0.3, 0.4) is 0 Å². The molecule has 2 amide bonds. The van der Waals surface area contributed by atoms with Crippen LogP contribution in [0.1, 0.15) is 96.8 Å². The molecule has 0 aromatic carbocycles. The SMILES string of the molecule is CCCCCCCCCCCC/C=C(\CCO)N1C(=O)CCC1=O. The fourth-order valence-corrected chi connectivity index (χ4v) is 3.22. The molecule has 1 N–H and O–H groups in total. The van der Waals surface area contributed by atoms with Gasteiger partial charge in [0, 0.05) is 31.6 Å². The van der Waals surface area contributed by atoms with E-state index in [0.29, 0.717) is 25.0 Å². The van der Waals surface area contributed by atoms with Crippen molar-refractivity contribution in [2.75, 3.05) is 6.61 Å². The Kier molecular flexibility index (Phi) is 11.5. The first kappa shape index (κ1) is 20.9. The zero-order valence-corrected chi connectivity index (χ0v) is 15.4. The molecule has 1 fully saturated rings. The average molecular weight is 338 g/mol. The molecule has 138 valence electrons. The molecule has 1 rings (SSSR count). The molecule has 0 aliphatic carbocycles. The molecule has 0 saturated carbocycles. The normalized spacial score (nSPS) is 15.6. The number of hydrogen-bond acceptors (Lipinski definition) is 3. The van der Waals surface area contributed by atoms with Crippen molar-refractivity contribution in [2.45, 2.75) is 96.8 Å². The van der Waals surface area contributed by atoms with Crippen molar-refractivity contribution in [2.24, 2.45) is 0 Å². The number of rotatable bonds is 14. The lowest BCUT2D eigenvalue weighted by atomic mass is 10.1. The van der Waals surface area contributed by atoms with Crippen molar-refractivity contribution in [3.05, 3.63) is 11.8 Å². The molecule has 4 nitrogen and oxygen atoms in total. The third-order valence-electron chi connectivity index (χ3n) is 4.64. The summed E-state index contributed by atoms with van der Waals surface area (Å²) >= 11 is 0. The van der Waals surface area contributed by atoms with E-state index in [-0.39, 0.29) is 18.4 Å². The van der Waals surface area contributed by atoms with Crippen LogP contribution in [0.25, 0.3) is 0 Å². The van der Waals surface area contributed by atoms with E-state index < -0.39 is 0 Å². The van der Waals surface area contributed by atoms with Crippen LogP contribution in [0.4, 0.5) is 0 Å². The van der Waals surface area contributed by atoms with Gasteiger partial charge < -0.3 is 5.11 Å². The Hall–Kier alpha value is -1.16. The Bertz CT molecular complexity index is 388. The van der Waals surface area contributed by atoms with Crippen LogP contribution in [0.5, 0.6) is 0 Å². The summed E-state index contributed by atoms with van der Waals surface area (Å²) in [5.41, 5.74) is 0.695. The van der Waals surface area contributed by atoms with E-state index in [1.807, 2.05) is 6.08 Å². The Morgan fingerprint density at radius 3 is 1.92 bits per heavy atom. The molecule has 0 radical (unpaired) electrons. The molecule has 0 aromatic heterocycles. The number of allylic oxidation sites excluding steroid dienone is 1. The number of unbranched alkanes of at least 4 members (excludes halogenated alkanes) is 10. The molecule has 24 heavy (non-hydrogen) atoms. The summed E-state index contributed by atoms with van der Waals surface area (Å²) in [5, 5.41) is 9.16. The van der Waals surface area contributed by atoms with Crippen LogP contribution in [-0.4, -0.2) is 28.4 Å². The minimum absolute atomic E-state index is 0.0269. The Balaban J connectivity index is 2.15. The maximum atomic E-state index is 11.8. The van der Waals surface area contributed by atoms with Gasteiger partial charge in [-0.2, -0.15) is 0 Å². The molecule has 0 bridgehead atoms. The second-order valence-corrected chi connectivity index (χ2v) is 6.76. The lowest BCUT2D eigenvalue weighted by Crippen LogP contribution is -2.28. The molecule has 1 heterocycles. The highest BCUT2D eigenvalue weighted by Crippen LogP contribution is 2.21. The van der Waals surface area contributed by atoms with Gasteiger partial charge in [-0.15, -0.1) is 0 Å². The molecule has 1 aliphatic heterocycles. The number of hydrogen-bond donors (Lipinski definition) is 1. The molecule has 1 aliphatic rings. The summed E-state index contributed by atoms with van der Waals surface area (Å²) in [5.74, 6) is -0.245. The van der Waals surface area contributed by atoms with Crippen molar-refractivity contribution >= 4 is 11.8 Å². The number of aliphatic hydroxyl groups is 1. The van der Waals surface area contributed by atoms with Crippen molar-refractivity contribution < 1.29 is 14.7 Å². The van der Waals surface area contributed by atoms with Gasteiger partial charge in [-0.05, 0) is 12.8 Å². The fourth-order valence-electron chi connectivity index (χ4n) is 3.22. The number of aliphatic hydroxyl groups excluding tert-OH is 1. The summed E-state index contributed by atoms with van der Waals surface area (Å²) in [6.07, 6.45) is 16.8. The largest absolute Gasteiger partial charge is 0.396 e. The standard InChI is InChI=1S/C20H35NO3/c1-2-3-4-5-6-7-8-9-10-11-12-13-18(16-17-22)21-19(23)14-15-20(21)24/h13,22H,2-12,14-17H2,1H3/b18-13+. The molecule has 0 spiro atoms. The number of carbonyl (C=O) groups excluding carboxylic acids is 2. The van der Waals surface area contributed by atoms with Gasteiger partial charge in [0.1, 0.15) is 0 Å². The topological polar surface area (TPSA) is 57.6 Å². The van der Waals surface area contributed by atoms with Gasteiger partial charge in [-0.1, -0.05) is 70.8 Å². The molecular formula is C20H35NO3. The summed E-state index contributed by atoms with van der Waals surface area (Å²) in [6, 6.07) is 0. The second kappa shape index (κ2) is 13.2. The smallest absolute Gasteiger partial charge is 0.234 e. The monoisotopic (exact) mass is 337 g/mol. The summed E-state index contributed by atoms with van der Waals surface area (Å²) in [6.45, 7) is 2.22. The molecule has 0 unspecified atom stereocenters. The van der Waals surface area contributed by atoms with Gasteiger partial charge in [0.05, 0.1) is 0 Å². The zero-order chi connectivity index (χ0) is 17.6. The van der Waals surface area contributed by atoms with E-state index in [4.69, 9.17) is 5.11 Å². The van der Waals surface area contributed by atoms with Crippen molar-refractivity contribution in [1.29, 1.82) is 0 Å². The molecule has 1 saturated heterocycles. The van der Waals surface area contributed by atoms with Gasteiger partial charge in [0.25, 0.3) is 0 Å². The molecule has 0 aromatic rings. The van der Waals surface area contributed by atoms with Crippen LogP contribution in [0.2, 0.25) is 0 Å². The van der Waals surface area contributed by atoms with Crippen LogP contribution < -0.4 is 0 Å². The first-order valence-electron chi connectivity index (χ1n) is 9.86. The van der Waals surface area contributed by atoms with E-state index in [1.54, 1.807) is 0 Å². The highest BCUT2D eigenvalue weighted by molar-refractivity contribution is 6.03. The van der Waals surface area contributed by atoms with Gasteiger partial charge >= 0.3 is 0 Å².